The number of hydrogen-bond donors (Lipinski definition) is 3. The van der Waals surface area contributed by atoms with Gasteiger partial charge in [-0.05, 0) is 55.5 Å². The van der Waals surface area contributed by atoms with E-state index in [9.17, 15) is 10.2 Å². The van der Waals surface area contributed by atoms with Crippen LogP contribution in [0.5, 0.6) is 5.75 Å². The molecule has 1 aliphatic carbocycles. The molecule has 2 aromatic rings. The zero-order valence-electron chi connectivity index (χ0n) is 16.3. The van der Waals surface area contributed by atoms with Crippen LogP contribution < -0.4 is 4.90 Å². The van der Waals surface area contributed by atoms with Crippen molar-refractivity contribution in [3.05, 3.63) is 64.7 Å². The van der Waals surface area contributed by atoms with E-state index in [0.29, 0.717) is 36.6 Å². The summed E-state index contributed by atoms with van der Waals surface area (Å²) in [6, 6.07) is 15.6. The number of halogens is 1. The van der Waals surface area contributed by atoms with Gasteiger partial charge in [0.25, 0.3) is 0 Å². The predicted octanol–water partition coefficient (Wildman–Crippen LogP) is 3.34. The lowest BCUT2D eigenvalue weighted by molar-refractivity contribution is -0.943. The summed E-state index contributed by atoms with van der Waals surface area (Å²) in [4.78, 5) is 1.34. The van der Waals surface area contributed by atoms with Crippen molar-refractivity contribution in [3.63, 3.8) is 0 Å². The van der Waals surface area contributed by atoms with E-state index >= 15 is 0 Å². The Labute approximate surface area is 172 Å². The maximum Gasteiger partial charge on any atom is 0.126 e. The lowest BCUT2D eigenvalue weighted by atomic mass is 9.93. The maximum absolute atomic E-state index is 10.6. The normalized spacial score (nSPS) is 17.4. The molecular weight excluding hydrogens is 374 g/mol. The van der Waals surface area contributed by atoms with E-state index in [1.165, 1.54) is 37.0 Å². The van der Waals surface area contributed by atoms with Gasteiger partial charge in [-0.2, -0.15) is 0 Å². The molecule has 0 aromatic heterocycles. The first-order valence-corrected chi connectivity index (χ1v) is 10.6. The third kappa shape index (κ3) is 6.49. The van der Waals surface area contributed by atoms with Crippen molar-refractivity contribution >= 4 is 11.6 Å². The number of phenolic OH excluding ortho intramolecular Hbond substituents is 1. The van der Waals surface area contributed by atoms with Gasteiger partial charge in [-0.3, -0.25) is 0 Å². The number of rotatable bonds is 9. The molecule has 1 aliphatic rings. The van der Waals surface area contributed by atoms with Gasteiger partial charge in [0.15, 0.2) is 0 Å². The van der Waals surface area contributed by atoms with Crippen LogP contribution in [-0.4, -0.2) is 35.5 Å². The number of aliphatic hydroxyl groups is 1. The summed E-state index contributed by atoms with van der Waals surface area (Å²) < 4.78 is 5.73. The standard InChI is InChI=1S/C23H30ClNO3/c24-20-12-10-18(11-13-20)16-28-17-22(26)15-25(21-7-2-1-3-8-21)14-19-6-4-5-9-23(19)27/h4-6,9-13,21-22,26-27H,1-3,7-8,14-17H2/p+1/t22-/m0/s1. The Morgan fingerprint density at radius 1 is 1.04 bits per heavy atom. The van der Waals surface area contributed by atoms with Crippen LogP contribution in [-0.2, 0) is 17.9 Å². The first-order valence-electron chi connectivity index (χ1n) is 10.2. The van der Waals surface area contributed by atoms with Gasteiger partial charge in [0, 0.05) is 10.6 Å². The van der Waals surface area contributed by atoms with E-state index in [1.807, 2.05) is 42.5 Å². The van der Waals surface area contributed by atoms with Gasteiger partial charge in [0.1, 0.15) is 24.9 Å². The number of benzene rings is 2. The van der Waals surface area contributed by atoms with Crippen LogP contribution in [0, 0.1) is 0 Å². The van der Waals surface area contributed by atoms with Crippen LogP contribution in [0.4, 0.5) is 0 Å². The first-order chi connectivity index (χ1) is 13.6. The quantitative estimate of drug-likeness (QED) is 0.600. The molecule has 0 saturated heterocycles. The summed E-state index contributed by atoms with van der Waals surface area (Å²) in [6.45, 7) is 2.12. The Morgan fingerprint density at radius 2 is 1.75 bits per heavy atom. The lowest BCUT2D eigenvalue weighted by Crippen LogP contribution is -3.15. The fraction of sp³-hybridized carbons (Fsp3) is 0.478. The van der Waals surface area contributed by atoms with Gasteiger partial charge < -0.3 is 19.8 Å². The molecule has 152 valence electrons. The maximum atomic E-state index is 10.6. The van der Waals surface area contributed by atoms with Gasteiger partial charge in [0.05, 0.1) is 19.3 Å². The van der Waals surface area contributed by atoms with E-state index in [0.717, 1.165) is 17.7 Å². The molecular formula is C23H31ClNO3+. The molecule has 5 heteroatoms. The van der Waals surface area contributed by atoms with Crippen molar-refractivity contribution in [1.82, 2.24) is 0 Å². The average Bonchev–Trinajstić information content (AvgIpc) is 2.71. The highest BCUT2D eigenvalue weighted by Gasteiger charge is 2.27. The molecule has 0 amide bonds. The van der Waals surface area contributed by atoms with Crippen molar-refractivity contribution in [2.75, 3.05) is 13.2 Å². The Bertz CT molecular complexity index is 716. The zero-order valence-corrected chi connectivity index (χ0v) is 17.1. The number of ether oxygens (including phenoxy) is 1. The zero-order chi connectivity index (χ0) is 19.8. The molecule has 4 nitrogen and oxygen atoms in total. The minimum absolute atomic E-state index is 0.305. The summed E-state index contributed by atoms with van der Waals surface area (Å²) >= 11 is 5.90. The largest absolute Gasteiger partial charge is 0.507 e. The molecule has 3 rings (SSSR count). The van der Waals surface area contributed by atoms with Gasteiger partial charge in [-0.1, -0.05) is 42.3 Å². The minimum atomic E-state index is -0.532. The third-order valence-electron chi connectivity index (χ3n) is 5.58. The summed E-state index contributed by atoms with van der Waals surface area (Å²) in [5.74, 6) is 0.337. The second-order valence-electron chi connectivity index (χ2n) is 7.80. The van der Waals surface area contributed by atoms with E-state index in [4.69, 9.17) is 16.3 Å². The third-order valence-corrected chi connectivity index (χ3v) is 5.83. The van der Waals surface area contributed by atoms with Gasteiger partial charge >= 0.3 is 0 Å². The van der Waals surface area contributed by atoms with E-state index in [-0.39, 0.29) is 0 Å². The fourth-order valence-corrected chi connectivity index (χ4v) is 4.18. The molecule has 0 bridgehead atoms. The monoisotopic (exact) mass is 404 g/mol. The van der Waals surface area contributed by atoms with Crippen LogP contribution in [0.3, 0.4) is 0 Å². The fourth-order valence-electron chi connectivity index (χ4n) is 4.05. The molecule has 3 N–H and O–H groups in total. The second-order valence-corrected chi connectivity index (χ2v) is 8.23. The SMILES string of the molecule is Oc1ccccc1C[NH+](C[C@H](O)COCc1ccc(Cl)cc1)C1CCCCC1. The highest BCUT2D eigenvalue weighted by Crippen LogP contribution is 2.18. The summed E-state index contributed by atoms with van der Waals surface area (Å²) in [7, 11) is 0. The van der Waals surface area contributed by atoms with Crippen LogP contribution in [0.15, 0.2) is 48.5 Å². The van der Waals surface area contributed by atoms with Crippen molar-refractivity contribution in [3.8, 4) is 5.75 Å². The highest BCUT2D eigenvalue weighted by atomic mass is 35.5. The molecule has 2 aromatic carbocycles. The van der Waals surface area contributed by atoms with Crippen molar-refractivity contribution in [1.29, 1.82) is 0 Å². The summed E-state index contributed by atoms with van der Waals surface area (Å²) in [6.07, 6.45) is 5.63. The molecule has 2 atom stereocenters. The Kier molecular flexibility index (Phi) is 8.16. The average molecular weight is 405 g/mol. The molecule has 1 unspecified atom stereocenters. The Balaban J connectivity index is 1.55. The Hall–Kier alpha value is -1.59. The van der Waals surface area contributed by atoms with Crippen molar-refractivity contribution in [2.45, 2.75) is 57.4 Å². The number of para-hydroxylation sites is 1. The van der Waals surface area contributed by atoms with Crippen LogP contribution in [0.2, 0.25) is 5.02 Å². The molecule has 0 aliphatic heterocycles. The van der Waals surface area contributed by atoms with Crippen molar-refractivity contribution in [2.24, 2.45) is 0 Å². The van der Waals surface area contributed by atoms with Gasteiger partial charge in [0.2, 0.25) is 0 Å². The van der Waals surface area contributed by atoms with E-state index in [1.54, 1.807) is 6.07 Å². The molecule has 28 heavy (non-hydrogen) atoms. The number of nitrogens with one attached hydrogen (secondary N) is 1. The van der Waals surface area contributed by atoms with Crippen LogP contribution >= 0.6 is 11.6 Å². The predicted molar refractivity (Wildman–Crippen MR) is 112 cm³/mol. The first kappa shape index (κ1) is 21.1. The lowest BCUT2D eigenvalue weighted by Gasteiger charge is -2.33. The molecule has 1 fully saturated rings. The van der Waals surface area contributed by atoms with Crippen LogP contribution in [0.1, 0.15) is 43.2 Å². The number of aromatic hydroxyl groups is 1. The molecule has 0 heterocycles. The number of aliphatic hydroxyl groups excluding tert-OH is 1. The van der Waals surface area contributed by atoms with Crippen LogP contribution in [0.25, 0.3) is 0 Å². The van der Waals surface area contributed by atoms with Gasteiger partial charge in [-0.15, -0.1) is 0 Å². The van der Waals surface area contributed by atoms with Crippen molar-refractivity contribution < 1.29 is 19.8 Å². The summed E-state index contributed by atoms with van der Waals surface area (Å²) in [5.41, 5.74) is 1.99. The Morgan fingerprint density at radius 3 is 2.46 bits per heavy atom. The number of quaternary nitrogens is 1. The van der Waals surface area contributed by atoms with Gasteiger partial charge in [-0.25, -0.2) is 0 Å². The smallest absolute Gasteiger partial charge is 0.126 e. The van der Waals surface area contributed by atoms with E-state index < -0.39 is 6.10 Å². The topological polar surface area (TPSA) is 54.1 Å². The molecule has 0 radical (unpaired) electrons. The molecule has 0 spiro atoms. The minimum Gasteiger partial charge on any atom is -0.507 e. The highest BCUT2D eigenvalue weighted by molar-refractivity contribution is 6.30. The summed E-state index contributed by atoms with van der Waals surface area (Å²) in [5, 5.41) is 21.5. The number of hydrogen-bond acceptors (Lipinski definition) is 3. The van der Waals surface area contributed by atoms with E-state index in [2.05, 4.69) is 0 Å². The second kappa shape index (κ2) is 10.8. The number of phenols is 1. The molecule has 1 saturated carbocycles.